The van der Waals surface area contributed by atoms with Crippen molar-refractivity contribution in [3.63, 3.8) is 0 Å². The van der Waals surface area contributed by atoms with Crippen molar-refractivity contribution in [3.05, 3.63) is 30.1 Å². The molecule has 1 atom stereocenters. The van der Waals surface area contributed by atoms with Crippen molar-refractivity contribution < 1.29 is 23.8 Å². The predicted molar refractivity (Wildman–Crippen MR) is 75.6 cm³/mol. The fourth-order valence-electron chi connectivity index (χ4n) is 1.72. The summed E-state index contributed by atoms with van der Waals surface area (Å²) in [5.41, 5.74) is -1.26. The summed E-state index contributed by atoms with van der Waals surface area (Å²) in [5.74, 6) is -1.69. The molecule has 0 bridgehead atoms. The van der Waals surface area contributed by atoms with E-state index in [1.54, 1.807) is 0 Å². The lowest BCUT2D eigenvalue weighted by molar-refractivity contribution is -0.145. The average molecular weight is 297 g/mol. The minimum absolute atomic E-state index is 0.332. The molecular formula is C15H20FNO4. The maximum Gasteiger partial charge on any atom is 0.326 e. The van der Waals surface area contributed by atoms with Gasteiger partial charge in [-0.1, -0.05) is 13.3 Å². The summed E-state index contributed by atoms with van der Waals surface area (Å²) >= 11 is 0. The second-order valence-electron chi connectivity index (χ2n) is 5.22. The Bertz CT molecular complexity index is 499. The third-order valence-corrected chi connectivity index (χ3v) is 2.91. The molecule has 0 fully saturated rings. The largest absolute Gasteiger partial charge is 0.480 e. The highest BCUT2D eigenvalue weighted by Crippen LogP contribution is 2.19. The van der Waals surface area contributed by atoms with Gasteiger partial charge in [0.15, 0.2) is 5.60 Å². The highest BCUT2D eigenvalue weighted by atomic mass is 19.1. The van der Waals surface area contributed by atoms with Gasteiger partial charge in [0.2, 0.25) is 0 Å². The van der Waals surface area contributed by atoms with Gasteiger partial charge in [-0.3, -0.25) is 4.79 Å². The van der Waals surface area contributed by atoms with Crippen LogP contribution in [0, 0.1) is 5.82 Å². The number of carboxylic acids is 1. The number of carbonyl (C=O) groups excluding carboxylic acids is 1. The third kappa shape index (κ3) is 5.06. The summed E-state index contributed by atoms with van der Waals surface area (Å²) in [6.45, 7) is 4.88. The van der Waals surface area contributed by atoms with Crippen molar-refractivity contribution in [1.29, 1.82) is 0 Å². The van der Waals surface area contributed by atoms with E-state index in [4.69, 9.17) is 9.84 Å². The highest BCUT2D eigenvalue weighted by molar-refractivity contribution is 5.88. The van der Waals surface area contributed by atoms with Crippen LogP contribution in [0.15, 0.2) is 24.3 Å². The molecule has 0 aliphatic carbocycles. The normalized spacial score (nSPS) is 12.6. The number of benzene rings is 1. The number of carbonyl (C=O) groups is 2. The van der Waals surface area contributed by atoms with Crippen LogP contribution in [0.25, 0.3) is 0 Å². The van der Waals surface area contributed by atoms with E-state index in [2.05, 4.69) is 5.32 Å². The van der Waals surface area contributed by atoms with Gasteiger partial charge < -0.3 is 15.2 Å². The highest BCUT2D eigenvalue weighted by Gasteiger charge is 2.33. The van der Waals surface area contributed by atoms with E-state index in [1.165, 1.54) is 38.1 Å². The molecule has 0 radical (unpaired) electrons. The molecule has 0 saturated carbocycles. The molecule has 0 aliphatic heterocycles. The Morgan fingerprint density at radius 1 is 1.33 bits per heavy atom. The van der Waals surface area contributed by atoms with Gasteiger partial charge in [0.25, 0.3) is 5.91 Å². The first-order valence-corrected chi connectivity index (χ1v) is 6.74. The molecular weight excluding hydrogens is 277 g/mol. The fraction of sp³-hybridized carbons (Fsp3) is 0.467. The lowest BCUT2D eigenvalue weighted by Gasteiger charge is -2.27. The fourth-order valence-corrected chi connectivity index (χ4v) is 1.72. The SMILES string of the molecule is CCC[C@@H](NC(=O)C(C)(C)Oc1ccc(F)cc1)C(=O)O. The van der Waals surface area contributed by atoms with Gasteiger partial charge in [-0.25, -0.2) is 9.18 Å². The summed E-state index contributed by atoms with van der Waals surface area (Å²) in [6, 6.07) is 4.32. The molecule has 116 valence electrons. The minimum Gasteiger partial charge on any atom is -0.480 e. The molecule has 0 unspecified atom stereocenters. The molecule has 1 aromatic carbocycles. The number of aliphatic carboxylic acids is 1. The quantitative estimate of drug-likeness (QED) is 0.810. The van der Waals surface area contributed by atoms with Crippen molar-refractivity contribution in [2.45, 2.75) is 45.3 Å². The van der Waals surface area contributed by atoms with Crippen molar-refractivity contribution >= 4 is 11.9 Å². The maximum absolute atomic E-state index is 12.8. The lowest BCUT2D eigenvalue weighted by atomic mass is 10.1. The van der Waals surface area contributed by atoms with Crippen LogP contribution < -0.4 is 10.1 Å². The van der Waals surface area contributed by atoms with Crippen LogP contribution >= 0.6 is 0 Å². The molecule has 0 spiro atoms. The Morgan fingerprint density at radius 2 is 1.90 bits per heavy atom. The zero-order valence-electron chi connectivity index (χ0n) is 12.4. The number of hydrogen-bond acceptors (Lipinski definition) is 3. The van der Waals surface area contributed by atoms with Crippen LogP contribution in [0.2, 0.25) is 0 Å². The molecule has 0 heterocycles. The second-order valence-corrected chi connectivity index (χ2v) is 5.22. The first kappa shape index (κ1) is 16.9. The molecule has 6 heteroatoms. The number of nitrogens with one attached hydrogen (secondary N) is 1. The van der Waals surface area contributed by atoms with Gasteiger partial charge in [0.1, 0.15) is 17.6 Å². The van der Waals surface area contributed by atoms with Crippen LogP contribution in [0.1, 0.15) is 33.6 Å². The zero-order valence-corrected chi connectivity index (χ0v) is 12.4. The number of amides is 1. The van der Waals surface area contributed by atoms with Crippen LogP contribution in [0.4, 0.5) is 4.39 Å². The van der Waals surface area contributed by atoms with E-state index in [1.807, 2.05) is 6.92 Å². The zero-order chi connectivity index (χ0) is 16.0. The Kier molecular flexibility index (Phi) is 5.69. The van der Waals surface area contributed by atoms with Crippen LogP contribution in [-0.4, -0.2) is 28.6 Å². The molecule has 1 aromatic rings. The molecule has 2 N–H and O–H groups in total. The maximum atomic E-state index is 12.8. The first-order chi connectivity index (χ1) is 9.76. The Balaban J connectivity index is 2.74. The molecule has 0 saturated heterocycles. The van der Waals surface area contributed by atoms with Gasteiger partial charge >= 0.3 is 5.97 Å². The second kappa shape index (κ2) is 7.06. The van der Waals surface area contributed by atoms with E-state index in [9.17, 15) is 14.0 Å². The number of rotatable bonds is 7. The van der Waals surface area contributed by atoms with E-state index in [-0.39, 0.29) is 0 Å². The summed E-state index contributed by atoms with van der Waals surface area (Å²) < 4.78 is 18.3. The van der Waals surface area contributed by atoms with Crippen LogP contribution in [0.5, 0.6) is 5.75 Å². The standard InChI is InChI=1S/C15H20FNO4/c1-4-5-12(13(18)19)17-14(20)15(2,3)21-11-8-6-10(16)7-9-11/h6-9,12H,4-5H2,1-3H3,(H,17,20)(H,18,19)/t12-/m1/s1. The van der Waals surface area contributed by atoms with Crippen molar-refractivity contribution in [1.82, 2.24) is 5.32 Å². The molecule has 1 rings (SSSR count). The number of hydrogen-bond donors (Lipinski definition) is 2. The Morgan fingerprint density at radius 3 is 2.38 bits per heavy atom. The number of carboxylic acid groups (broad SMARTS) is 1. The Labute approximate surface area is 123 Å². The number of ether oxygens (including phenoxy) is 1. The van der Waals surface area contributed by atoms with Crippen molar-refractivity contribution in [3.8, 4) is 5.75 Å². The first-order valence-electron chi connectivity index (χ1n) is 6.74. The topological polar surface area (TPSA) is 75.6 Å². The lowest BCUT2D eigenvalue weighted by Crippen LogP contribution is -2.52. The minimum atomic E-state index is -1.26. The monoisotopic (exact) mass is 297 g/mol. The molecule has 21 heavy (non-hydrogen) atoms. The van der Waals surface area contributed by atoms with Gasteiger partial charge in [-0.15, -0.1) is 0 Å². The molecule has 1 amide bonds. The van der Waals surface area contributed by atoms with Crippen LogP contribution in [0.3, 0.4) is 0 Å². The summed E-state index contributed by atoms with van der Waals surface area (Å²) in [4.78, 5) is 23.2. The third-order valence-electron chi connectivity index (χ3n) is 2.91. The summed E-state index contributed by atoms with van der Waals surface area (Å²) in [6.07, 6.45) is 0.976. The summed E-state index contributed by atoms with van der Waals surface area (Å²) in [7, 11) is 0. The Hall–Kier alpha value is -2.11. The predicted octanol–water partition coefficient (Wildman–Crippen LogP) is 2.35. The summed E-state index contributed by atoms with van der Waals surface area (Å²) in [5, 5.41) is 11.5. The smallest absolute Gasteiger partial charge is 0.326 e. The molecule has 0 aliphatic rings. The van der Waals surface area contributed by atoms with Gasteiger partial charge in [0, 0.05) is 0 Å². The van der Waals surface area contributed by atoms with Gasteiger partial charge in [-0.05, 0) is 44.5 Å². The molecule has 5 nitrogen and oxygen atoms in total. The van der Waals surface area contributed by atoms with Gasteiger partial charge in [0.05, 0.1) is 0 Å². The van der Waals surface area contributed by atoms with Crippen molar-refractivity contribution in [2.75, 3.05) is 0 Å². The van der Waals surface area contributed by atoms with Crippen LogP contribution in [-0.2, 0) is 9.59 Å². The van der Waals surface area contributed by atoms with Crippen molar-refractivity contribution in [2.24, 2.45) is 0 Å². The van der Waals surface area contributed by atoms with E-state index in [0.29, 0.717) is 18.6 Å². The van der Waals surface area contributed by atoms with Gasteiger partial charge in [-0.2, -0.15) is 0 Å². The average Bonchev–Trinajstić information content (AvgIpc) is 2.40. The van der Waals surface area contributed by atoms with E-state index < -0.39 is 29.3 Å². The molecule has 0 aromatic heterocycles. The van der Waals surface area contributed by atoms with E-state index in [0.717, 1.165) is 0 Å². The number of halogens is 1. The van der Waals surface area contributed by atoms with E-state index >= 15 is 0 Å².